The fourth-order valence-electron chi connectivity index (χ4n) is 1.81. The summed E-state index contributed by atoms with van der Waals surface area (Å²) in [5.41, 5.74) is 0.506. The van der Waals surface area contributed by atoms with Crippen LogP contribution in [-0.4, -0.2) is 20.7 Å². The molecule has 2 N–H and O–H groups in total. The van der Waals surface area contributed by atoms with Crippen LogP contribution in [0.15, 0.2) is 24.3 Å². The lowest BCUT2D eigenvalue weighted by Crippen LogP contribution is -2.21. The molecule has 2 amide bonds. The molecule has 110 valence electrons. The number of hydrogen-bond donors (Lipinski definition) is 2. The number of carbonyl (C=O) groups is 1. The Morgan fingerprint density at radius 2 is 1.95 bits per heavy atom. The van der Waals surface area contributed by atoms with Crippen molar-refractivity contribution in [1.29, 1.82) is 0 Å². The Kier molecular flexibility index (Phi) is 4.08. The zero-order valence-corrected chi connectivity index (χ0v) is 12.0. The highest BCUT2D eigenvalue weighted by molar-refractivity contribution is 6.30. The number of amides is 2. The Hall–Kier alpha value is -2.61. The van der Waals surface area contributed by atoms with E-state index in [0.717, 1.165) is 0 Å². The molecule has 0 aliphatic heterocycles. The van der Waals surface area contributed by atoms with Gasteiger partial charge in [-0.05, 0) is 31.2 Å². The van der Waals surface area contributed by atoms with Crippen LogP contribution in [0, 0.1) is 17.0 Å². The third-order valence-electron chi connectivity index (χ3n) is 2.71. The lowest BCUT2D eigenvalue weighted by atomic mass is 10.3. The monoisotopic (exact) mass is 309 g/mol. The summed E-state index contributed by atoms with van der Waals surface area (Å²) in [6.07, 6.45) is 0. The number of benzene rings is 1. The van der Waals surface area contributed by atoms with Crippen molar-refractivity contribution >= 4 is 34.8 Å². The van der Waals surface area contributed by atoms with Gasteiger partial charge in [0.2, 0.25) is 5.82 Å². The summed E-state index contributed by atoms with van der Waals surface area (Å²) < 4.78 is 1.24. The summed E-state index contributed by atoms with van der Waals surface area (Å²) in [6.45, 7) is 1.50. The van der Waals surface area contributed by atoms with Crippen LogP contribution in [-0.2, 0) is 7.05 Å². The second-order valence-corrected chi connectivity index (χ2v) is 4.69. The number of nitrogens with zero attached hydrogens (tertiary/aromatic N) is 3. The number of rotatable bonds is 3. The number of halogens is 1. The van der Waals surface area contributed by atoms with Gasteiger partial charge >= 0.3 is 11.7 Å². The van der Waals surface area contributed by atoms with Gasteiger partial charge in [0.05, 0.1) is 4.92 Å². The lowest BCUT2D eigenvalue weighted by Gasteiger charge is -2.07. The van der Waals surface area contributed by atoms with Crippen LogP contribution < -0.4 is 10.6 Å². The summed E-state index contributed by atoms with van der Waals surface area (Å²) in [5.74, 6) is 0.0176. The molecule has 0 fully saturated rings. The number of nitrogens with one attached hydrogen (secondary N) is 2. The molecular formula is C12H12ClN5O3. The van der Waals surface area contributed by atoms with Crippen molar-refractivity contribution in [2.24, 2.45) is 7.05 Å². The summed E-state index contributed by atoms with van der Waals surface area (Å²) in [6, 6.07) is 5.86. The molecule has 0 aliphatic rings. The second kappa shape index (κ2) is 5.80. The molecule has 0 atom stereocenters. The van der Waals surface area contributed by atoms with E-state index in [0.29, 0.717) is 10.7 Å². The maximum Gasteiger partial charge on any atom is 0.334 e. The van der Waals surface area contributed by atoms with Crippen molar-refractivity contribution in [2.45, 2.75) is 6.92 Å². The van der Waals surface area contributed by atoms with E-state index >= 15 is 0 Å². The maximum absolute atomic E-state index is 11.9. The molecular weight excluding hydrogens is 298 g/mol. The largest absolute Gasteiger partial charge is 0.334 e. The first-order chi connectivity index (χ1) is 9.88. The van der Waals surface area contributed by atoms with Crippen molar-refractivity contribution in [3.8, 4) is 0 Å². The highest BCUT2D eigenvalue weighted by Gasteiger charge is 2.25. The average Bonchev–Trinajstić information content (AvgIpc) is 2.67. The zero-order chi connectivity index (χ0) is 15.6. The van der Waals surface area contributed by atoms with Gasteiger partial charge in [0.1, 0.15) is 5.69 Å². The fraction of sp³-hybridized carbons (Fsp3) is 0.167. The van der Waals surface area contributed by atoms with Crippen molar-refractivity contribution in [3.05, 3.63) is 45.1 Å². The topological polar surface area (TPSA) is 102 Å². The highest BCUT2D eigenvalue weighted by Crippen LogP contribution is 2.27. The predicted molar refractivity (Wildman–Crippen MR) is 78.7 cm³/mol. The van der Waals surface area contributed by atoms with Gasteiger partial charge in [0.25, 0.3) is 0 Å². The highest BCUT2D eigenvalue weighted by atomic mass is 35.5. The number of aryl methyl sites for hydroxylation is 2. The molecule has 21 heavy (non-hydrogen) atoms. The van der Waals surface area contributed by atoms with E-state index in [1.807, 2.05) is 0 Å². The average molecular weight is 310 g/mol. The fourth-order valence-corrected chi connectivity index (χ4v) is 1.93. The van der Waals surface area contributed by atoms with Gasteiger partial charge in [0.15, 0.2) is 0 Å². The molecule has 0 radical (unpaired) electrons. The van der Waals surface area contributed by atoms with Crippen molar-refractivity contribution < 1.29 is 9.72 Å². The molecule has 1 aromatic heterocycles. The molecule has 0 bridgehead atoms. The van der Waals surface area contributed by atoms with E-state index in [4.69, 9.17) is 11.6 Å². The number of anilines is 2. The van der Waals surface area contributed by atoms with Crippen molar-refractivity contribution in [2.75, 3.05) is 10.6 Å². The Balaban J connectivity index is 2.16. The Morgan fingerprint density at radius 1 is 1.33 bits per heavy atom. The van der Waals surface area contributed by atoms with Gasteiger partial charge in [-0.2, -0.15) is 5.10 Å². The van der Waals surface area contributed by atoms with Gasteiger partial charge in [-0.25, -0.2) is 9.48 Å². The zero-order valence-electron chi connectivity index (χ0n) is 11.3. The van der Waals surface area contributed by atoms with Crippen LogP contribution in [0.2, 0.25) is 5.02 Å². The number of aromatic nitrogens is 2. The molecule has 9 heteroatoms. The SMILES string of the molecule is Cc1nn(C)c(NC(=O)Nc2ccc(Cl)cc2)c1[N+](=O)[O-]. The van der Waals surface area contributed by atoms with Gasteiger partial charge < -0.3 is 5.32 Å². The van der Waals surface area contributed by atoms with Crippen LogP contribution in [0.4, 0.5) is 22.0 Å². The molecule has 1 aromatic carbocycles. The predicted octanol–water partition coefficient (Wildman–Crippen LogP) is 2.93. The second-order valence-electron chi connectivity index (χ2n) is 4.25. The standard InChI is InChI=1S/C12H12ClN5O3/c1-7-10(18(20)21)11(17(2)16-7)15-12(19)14-9-5-3-8(13)4-6-9/h3-6H,1-2H3,(H2,14,15,19). The number of hydrogen-bond acceptors (Lipinski definition) is 4. The first-order valence-electron chi connectivity index (χ1n) is 5.90. The Bertz CT molecular complexity index is 696. The molecule has 2 rings (SSSR count). The van der Waals surface area contributed by atoms with E-state index < -0.39 is 11.0 Å². The van der Waals surface area contributed by atoms with E-state index in [9.17, 15) is 14.9 Å². The smallest absolute Gasteiger partial charge is 0.308 e. The van der Waals surface area contributed by atoms with E-state index in [1.165, 1.54) is 18.7 Å². The molecule has 8 nitrogen and oxygen atoms in total. The molecule has 0 saturated carbocycles. The minimum Gasteiger partial charge on any atom is -0.308 e. The third kappa shape index (κ3) is 3.29. The Labute approximate surface area is 124 Å². The number of urea groups is 1. The lowest BCUT2D eigenvalue weighted by molar-refractivity contribution is -0.384. The molecule has 0 aliphatic carbocycles. The van der Waals surface area contributed by atoms with E-state index in [2.05, 4.69) is 15.7 Å². The molecule has 0 unspecified atom stereocenters. The van der Waals surface area contributed by atoms with Crippen LogP contribution >= 0.6 is 11.6 Å². The number of carbonyl (C=O) groups excluding carboxylic acids is 1. The number of nitro groups is 1. The first kappa shape index (κ1) is 14.8. The van der Waals surface area contributed by atoms with Crippen LogP contribution in [0.25, 0.3) is 0 Å². The Morgan fingerprint density at radius 3 is 2.52 bits per heavy atom. The summed E-state index contributed by atoms with van der Waals surface area (Å²) in [5, 5.41) is 20.4. The molecule has 0 saturated heterocycles. The van der Waals surface area contributed by atoms with Gasteiger partial charge in [-0.3, -0.25) is 15.4 Å². The van der Waals surface area contributed by atoms with Crippen LogP contribution in [0.1, 0.15) is 5.69 Å². The minimum atomic E-state index is -0.608. The van der Waals surface area contributed by atoms with Crippen molar-refractivity contribution in [3.63, 3.8) is 0 Å². The van der Waals surface area contributed by atoms with E-state index in [1.54, 1.807) is 24.3 Å². The van der Waals surface area contributed by atoms with Crippen molar-refractivity contribution in [1.82, 2.24) is 9.78 Å². The summed E-state index contributed by atoms with van der Waals surface area (Å²) in [7, 11) is 1.51. The van der Waals surface area contributed by atoms with Crippen LogP contribution in [0.3, 0.4) is 0 Å². The van der Waals surface area contributed by atoms with E-state index in [-0.39, 0.29) is 17.2 Å². The maximum atomic E-state index is 11.9. The minimum absolute atomic E-state index is 0.0176. The quantitative estimate of drug-likeness (QED) is 0.672. The molecule has 2 aromatic rings. The normalized spacial score (nSPS) is 10.2. The van der Waals surface area contributed by atoms with Gasteiger partial charge in [-0.1, -0.05) is 11.6 Å². The van der Waals surface area contributed by atoms with Gasteiger partial charge in [0, 0.05) is 17.8 Å². The first-order valence-corrected chi connectivity index (χ1v) is 6.28. The summed E-state index contributed by atoms with van der Waals surface area (Å²) in [4.78, 5) is 22.3. The third-order valence-corrected chi connectivity index (χ3v) is 2.96. The van der Waals surface area contributed by atoms with Gasteiger partial charge in [-0.15, -0.1) is 0 Å². The summed E-state index contributed by atoms with van der Waals surface area (Å²) >= 11 is 5.74. The van der Waals surface area contributed by atoms with Crippen LogP contribution in [0.5, 0.6) is 0 Å². The molecule has 1 heterocycles. The molecule has 0 spiro atoms.